The SMILES string of the molecule is Cc1ccc(/C=C(\CC(=O)N2C[C@H]3CC=CC[C@H]3C2)C(=O)O)cc1. The van der Waals surface area contributed by atoms with Crippen molar-refractivity contribution < 1.29 is 14.7 Å². The lowest BCUT2D eigenvalue weighted by Gasteiger charge is -2.17. The van der Waals surface area contributed by atoms with Crippen LogP contribution in [0.15, 0.2) is 42.0 Å². The molecular formula is C20H23NO3. The minimum Gasteiger partial charge on any atom is -0.478 e. The fraction of sp³-hybridized carbons (Fsp3) is 0.400. The molecule has 3 rings (SSSR count). The summed E-state index contributed by atoms with van der Waals surface area (Å²) in [6.07, 6.45) is 7.99. The second kappa shape index (κ2) is 7.04. The molecule has 1 N–H and O–H groups in total. The van der Waals surface area contributed by atoms with E-state index < -0.39 is 5.97 Å². The van der Waals surface area contributed by atoms with Gasteiger partial charge in [0, 0.05) is 18.7 Å². The normalized spacial score (nSPS) is 23.2. The van der Waals surface area contributed by atoms with Gasteiger partial charge >= 0.3 is 5.97 Å². The molecule has 0 bridgehead atoms. The van der Waals surface area contributed by atoms with E-state index >= 15 is 0 Å². The Labute approximate surface area is 142 Å². The largest absolute Gasteiger partial charge is 0.478 e. The molecule has 2 atom stereocenters. The average molecular weight is 325 g/mol. The van der Waals surface area contributed by atoms with Crippen molar-refractivity contribution in [2.45, 2.75) is 26.2 Å². The number of allylic oxidation sites excluding steroid dienone is 2. The molecule has 1 fully saturated rings. The van der Waals surface area contributed by atoms with Crippen molar-refractivity contribution in [1.29, 1.82) is 0 Å². The number of aryl methyl sites for hydroxylation is 1. The molecule has 1 aliphatic carbocycles. The van der Waals surface area contributed by atoms with E-state index in [2.05, 4.69) is 12.2 Å². The van der Waals surface area contributed by atoms with Crippen LogP contribution in [0.2, 0.25) is 0 Å². The highest BCUT2D eigenvalue weighted by Crippen LogP contribution is 2.33. The van der Waals surface area contributed by atoms with E-state index in [1.54, 1.807) is 6.08 Å². The summed E-state index contributed by atoms with van der Waals surface area (Å²) in [6, 6.07) is 7.62. The molecule has 0 aromatic heterocycles. The number of fused-ring (bicyclic) bond motifs is 1. The van der Waals surface area contributed by atoms with Crippen molar-refractivity contribution in [3.63, 3.8) is 0 Å². The van der Waals surface area contributed by atoms with Crippen LogP contribution < -0.4 is 0 Å². The van der Waals surface area contributed by atoms with E-state index in [1.165, 1.54) is 0 Å². The minimum atomic E-state index is -1.03. The Morgan fingerprint density at radius 3 is 2.25 bits per heavy atom. The Balaban J connectivity index is 1.68. The number of aliphatic carboxylic acids is 1. The molecule has 0 spiro atoms. The smallest absolute Gasteiger partial charge is 0.332 e. The summed E-state index contributed by atoms with van der Waals surface area (Å²) in [6.45, 7) is 3.49. The van der Waals surface area contributed by atoms with Gasteiger partial charge in [0.2, 0.25) is 5.91 Å². The second-order valence-electron chi connectivity index (χ2n) is 6.82. The summed E-state index contributed by atoms with van der Waals surface area (Å²) >= 11 is 0. The molecule has 1 amide bonds. The van der Waals surface area contributed by atoms with Gasteiger partial charge in [-0.15, -0.1) is 0 Å². The molecule has 126 valence electrons. The molecular weight excluding hydrogens is 302 g/mol. The van der Waals surface area contributed by atoms with E-state index in [4.69, 9.17) is 0 Å². The van der Waals surface area contributed by atoms with Crippen LogP contribution in [0.25, 0.3) is 6.08 Å². The van der Waals surface area contributed by atoms with Gasteiger partial charge in [-0.25, -0.2) is 4.79 Å². The molecule has 0 unspecified atom stereocenters. The molecule has 4 nitrogen and oxygen atoms in total. The van der Waals surface area contributed by atoms with E-state index in [-0.39, 0.29) is 17.9 Å². The van der Waals surface area contributed by atoms with Gasteiger partial charge < -0.3 is 10.0 Å². The van der Waals surface area contributed by atoms with Gasteiger partial charge in [-0.1, -0.05) is 42.0 Å². The maximum absolute atomic E-state index is 12.5. The Hall–Kier alpha value is -2.36. The van der Waals surface area contributed by atoms with Crippen LogP contribution in [-0.2, 0) is 9.59 Å². The molecule has 1 aromatic rings. The van der Waals surface area contributed by atoms with Gasteiger partial charge in [0.15, 0.2) is 0 Å². The first-order chi connectivity index (χ1) is 11.5. The van der Waals surface area contributed by atoms with Crippen LogP contribution in [0.3, 0.4) is 0 Å². The van der Waals surface area contributed by atoms with E-state index in [1.807, 2.05) is 36.1 Å². The van der Waals surface area contributed by atoms with Crippen LogP contribution in [0, 0.1) is 18.8 Å². The van der Waals surface area contributed by atoms with Crippen LogP contribution in [0.4, 0.5) is 0 Å². The lowest BCUT2D eigenvalue weighted by molar-refractivity contribution is -0.136. The van der Waals surface area contributed by atoms with Gasteiger partial charge in [-0.05, 0) is 43.2 Å². The van der Waals surface area contributed by atoms with Crippen molar-refractivity contribution in [2.75, 3.05) is 13.1 Å². The molecule has 1 aliphatic heterocycles. The minimum absolute atomic E-state index is 0.0456. The Morgan fingerprint density at radius 1 is 1.12 bits per heavy atom. The summed E-state index contributed by atoms with van der Waals surface area (Å²) in [5, 5.41) is 9.44. The Bertz CT molecular complexity index is 671. The van der Waals surface area contributed by atoms with Crippen molar-refractivity contribution in [1.82, 2.24) is 4.90 Å². The zero-order valence-electron chi connectivity index (χ0n) is 13.9. The molecule has 1 heterocycles. The van der Waals surface area contributed by atoms with Crippen molar-refractivity contribution in [2.24, 2.45) is 11.8 Å². The van der Waals surface area contributed by atoms with Crippen LogP contribution in [0.5, 0.6) is 0 Å². The van der Waals surface area contributed by atoms with Crippen LogP contribution >= 0.6 is 0 Å². The fourth-order valence-corrected chi connectivity index (χ4v) is 3.55. The lowest BCUT2D eigenvalue weighted by atomic mass is 9.86. The summed E-state index contributed by atoms with van der Waals surface area (Å²) in [4.78, 5) is 25.9. The summed E-state index contributed by atoms with van der Waals surface area (Å²) in [5.41, 5.74) is 2.08. The number of benzene rings is 1. The van der Waals surface area contributed by atoms with Gasteiger partial charge in [0.25, 0.3) is 0 Å². The van der Waals surface area contributed by atoms with Crippen LogP contribution in [0.1, 0.15) is 30.4 Å². The number of carbonyl (C=O) groups excluding carboxylic acids is 1. The Kier molecular flexibility index (Phi) is 4.84. The first kappa shape index (κ1) is 16.5. The van der Waals surface area contributed by atoms with Gasteiger partial charge in [0.1, 0.15) is 0 Å². The molecule has 2 aliphatic rings. The number of carboxylic acids is 1. The number of likely N-dealkylation sites (tertiary alicyclic amines) is 1. The molecule has 1 saturated heterocycles. The molecule has 0 saturated carbocycles. The Morgan fingerprint density at radius 2 is 1.71 bits per heavy atom. The first-order valence-electron chi connectivity index (χ1n) is 8.46. The number of carbonyl (C=O) groups is 2. The zero-order chi connectivity index (χ0) is 17.1. The molecule has 24 heavy (non-hydrogen) atoms. The maximum Gasteiger partial charge on any atom is 0.332 e. The number of amides is 1. The first-order valence-corrected chi connectivity index (χ1v) is 8.46. The molecule has 0 radical (unpaired) electrons. The third kappa shape index (κ3) is 3.75. The van der Waals surface area contributed by atoms with E-state index in [0.717, 1.165) is 37.1 Å². The summed E-state index contributed by atoms with van der Waals surface area (Å²) in [5.74, 6) is -0.0334. The maximum atomic E-state index is 12.5. The van der Waals surface area contributed by atoms with Gasteiger partial charge in [0.05, 0.1) is 6.42 Å². The van der Waals surface area contributed by atoms with Crippen molar-refractivity contribution in [3.05, 3.63) is 53.1 Å². The van der Waals surface area contributed by atoms with Crippen LogP contribution in [-0.4, -0.2) is 35.0 Å². The monoisotopic (exact) mass is 325 g/mol. The number of rotatable bonds is 4. The topological polar surface area (TPSA) is 57.6 Å². The predicted molar refractivity (Wildman–Crippen MR) is 93.3 cm³/mol. The number of hydrogen-bond acceptors (Lipinski definition) is 2. The van der Waals surface area contributed by atoms with E-state index in [0.29, 0.717) is 11.8 Å². The third-order valence-corrected chi connectivity index (χ3v) is 5.01. The highest BCUT2D eigenvalue weighted by molar-refractivity contribution is 5.98. The summed E-state index contributed by atoms with van der Waals surface area (Å²) in [7, 11) is 0. The highest BCUT2D eigenvalue weighted by atomic mass is 16.4. The summed E-state index contributed by atoms with van der Waals surface area (Å²) < 4.78 is 0. The highest BCUT2D eigenvalue weighted by Gasteiger charge is 2.35. The van der Waals surface area contributed by atoms with E-state index in [9.17, 15) is 14.7 Å². The average Bonchev–Trinajstić information content (AvgIpc) is 3.00. The van der Waals surface area contributed by atoms with Gasteiger partial charge in [-0.2, -0.15) is 0 Å². The van der Waals surface area contributed by atoms with Gasteiger partial charge in [-0.3, -0.25) is 4.79 Å². The second-order valence-corrected chi connectivity index (χ2v) is 6.82. The zero-order valence-corrected chi connectivity index (χ0v) is 13.9. The van der Waals surface area contributed by atoms with Crippen molar-refractivity contribution >= 4 is 18.0 Å². The molecule has 1 aromatic carbocycles. The molecule has 4 heteroatoms. The number of hydrogen-bond donors (Lipinski definition) is 1. The lowest BCUT2D eigenvalue weighted by Crippen LogP contribution is -2.29. The quantitative estimate of drug-likeness (QED) is 0.683. The standard InChI is InChI=1S/C20H23NO3/c1-14-6-8-15(9-7-14)10-18(20(23)24)11-19(22)21-12-16-4-2-3-5-17(16)13-21/h2-3,6-10,16-17H,4-5,11-13H2,1H3,(H,23,24)/b18-10+/t16-,17+. The predicted octanol–water partition coefficient (Wildman–Crippen LogP) is 3.28. The fourth-order valence-electron chi connectivity index (χ4n) is 3.55. The third-order valence-electron chi connectivity index (χ3n) is 5.01. The number of nitrogens with zero attached hydrogens (tertiary/aromatic N) is 1. The number of carboxylic acid groups (broad SMARTS) is 1. The van der Waals surface area contributed by atoms with Crippen molar-refractivity contribution in [3.8, 4) is 0 Å².